The average Bonchev–Trinajstić information content (AvgIpc) is 2.63. The first kappa shape index (κ1) is 17.2. The Labute approximate surface area is 139 Å². The van der Waals surface area contributed by atoms with Crippen LogP contribution in [-0.4, -0.2) is 32.1 Å². The first-order valence-corrected chi connectivity index (χ1v) is 7.09. The van der Waals surface area contributed by atoms with Crippen LogP contribution in [0.5, 0.6) is 5.75 Å². The fraction of sp³-hybridized carbons (Fsp3) is 0.167. The molecule has 24 heavy (non-hydrogen) atoms. The van der Waals surface area contributed by atoms with Crippen molar-refractivity contribution in [3.63, 3.8) is 0 Å². The average molecular weight is 328 g/mol. The first-order chi connectivity index (χ1) is 11.6. The molecule has 0 bridgehead atoms. The summed E-state index contributed by atoms with van der Waals surface area (Å²) in [6.45, 7) is 0. The minimum absolute atomic E-state index is 0.293. The number of hydrogen-bond acceptors (Lipinski definition) is 6. The zero-order valence-corrected chi connectivity index (χ0v) is 13.2. The molecule has 6 nitrogen and oxygen atoms in total. The Morgan fingerprint density at radius 2 is 1.33 bits per heavy atom. The van der Waals surface area contributed by atoms with E-state index < -0.39 is 23.8 Å². The number of methoxy groups -OCH3 is 2. The summed E-state index contributed by atoms with van der Waals surface area (Å²) in [6, 6.07) is 14.5. The molecule has 2 aromatic carbocycles. The van der Waals surface area contributed by atoms with Gasteiger partial charge >= 0.3 is 17.9 Å². The van der Waals surface area contributed by atoms with E-state index in [4.69, 9.17) is 4.74 Å². The number of carbonyl (C=O) groups excluding carboxylic acids is 3. The second-order valence-corrected chi connectivity index (χ2v) is 4.80. The van der Waals surface area contributed by atoms with Gasteiger partial charge in [0.1, 0.15) is 5.75 Å². The number of rotatable bonds is 5. The Balaban J connectivity index is 2.16. The van der Waals surface area contributed by atoms with Crippen LogP contribution in [0.1, 0.15) is 21.8 Å². The molecule has 0 aliphatic heterocycles. The van der Waals surface area contributed by atoms with Crippen LogP contribution in [0.2, 0.25) is 0 Å². The van der Waals surface area contributed by atoms with Crippen LogP contribution < -0.4 is 4.74 Å². The molecular formula is C18H16O6. The fourth-order valence-electron chi connectivity index (χ4n) is 2.07. The molecule has 6 heteroatoms. The number of carbonyl (C=O) groups is 3. The molecule has 0 aliphatic carbocycles. The van der Waals surface area contributed by atoms with Crippen molar-refractivity contribution in [2.45, 2.75) is 5.92 Å². The third-order valence-corrected chi connectivity index (χ3v) is 3.31. The Kier molecular flexibility index (Phi) is 5.68. The largest absolute Gasteiger partial charge is 0.468 e. The number of ether oxygens (including phenoxy) is 3. The molecule has 0 aromatic heterocycles. The summed E-state index contributed by atoms with van der Waals surface area (Å²) in [5.41, 5.74) is 0.803. The molecule has 0 aliphatic rings. The van der Waals surface area contributed by atoms with Crippen LogP contribution >= 0.6 is 0 Å². The van der Waals surface area contributed by atoms with Gasteiger partial charge in [0.15, 0.2) is 5.92 Å². The maximum absolute atomic E-state index is 12.0. The molecule has 0 saturated carbocycles. The summed E-state index contributed by atoms with van der Waals surface area (Å²) in [6.07, 6.45) is 0. The molecule has 0 unspecified atom stereocenters. The van der Waals surface area contributed by atoms with Crippen molar-refractivity contribution in [1.29, 1.82) is 0 Å². The van der Waals surface area contributed by atoms with Gasteiger partial charge in [-0.3, -0.25) is 9.59 Å². The van der Waals surface area contributed by atoms with E-state index in [1.54, 1.807) is 30.3 Å². The highest BCUT2D eigenvalue weighted by atomic mass is 16.5. The summed E-state index contributed by atoms with van der Waals surface area (Å²) in [5.74, 6) is -2.84. The predicted octanol–water partition coefficient (Wildman–Crippen LogP) is 2.34. The van der Waals surface area contributed by atoms with E-state index in [2.05, 4.69) is 9.47 Å². The Morgan fingerprint density at radius 1 is 0.792 bits per heavy atom. The van der Waals surface area contributed by atoms with Crippen molar-refractivity contribution in [3.05, 3.63) is 65.7 Å². The van der Waals surface area contributed by atoms with Gasteiger partial charge in [-0.15, -0.1) is 0 Å². The third-order valence-electron chi connectivity index (χ3n) is 3.31. The van der Waals surface area contributed by atoms with E-state index in [0.29, 0.717) is 16.9 Å². The molecule has 124 valence electrons. The van der Waals surface area contributed by atoms with Gasteiger partial charge in [-0.25, -0.2) is 4.79 Å². The van der Waals surface area contributed by atoms with E-state index >= 15 is 0 Å². The highest BCUT2D eigenvalue weighted by Crippen LogP contribution is 2.22. The predicted molar refractivity (Wildman–Crippen MR) is 84.6 cm³/mol. The van der Waals surface area contributed by atoms with Crippen LogP contribution in [0.15, 0.2) is 54.6 Å². The zero-order valence-electron chi connectivity index (χ0n) is 13.2. The van der Waals surface area contributed by atoms with Crippen molar-refractivity contribution >= 4 is 17.9 Å². The molecule has 0 saturated heterocycles. The van der Waals surface area contributed by atoms with Crippen LogP contribution in [0, 0.1) is 0 Å². The highest BCUT2D eigenvalue weighted by molar-refractivity contribution is 6.00. The summed E-state index contributed by atoms with van der Waals surface area (Å²) in [7, 11) is 2.38. The fourth-order valence-corrected chi connectivity index (χ4v) is 2.07. The van der Waals surface area contributed by atoms with Crippen LogP contribution in [0.4, 0.5) is 0 Å². The first-order valence-electron chi connectivity index (χ1n) is 7.09. The number of benzene rings is 2. The third kappa shape index (κ3) is 3.98. The second-order valence-electron chi connectivity index (χ2n) is 4.80. The van der Waals surface area contributed by atoms with Crippen molar-refractivity contribution in [2.75, 3.05) is 14.2 Å². The summed E-state index contributed by atoms with van der Waals surface area (Å²) >= 11 is 0. The molecule has 0 atom stereocenters. The number of hydrogen-bond donors (Lipinski definition) is 0. The van der Waals surface area contributed by atoms with Gasteiger partial charge < -0.3 is 14.2 Å². The second kappa shape index (κ2) is 7.92. The standard InChI is InChI=1S/C18H16O6/c1-22-17(20)15(18(21)23-2)12-8-10-14(11-9-12)24-16(19)13-6-4-3-5-7-13/h3-11,15H,1-2H3. The summed E-state index contributed by atoms with van der Waals surface area (Å²) < 4.78 is 14.5. The van der Waals surface area contributed by atoms with Crippen molar-refractivity contribution in [2.24, 2.45) is 0 Å². The van der Waals surface area contributed by atoms with Gasteiger partial charge in [0.25, 0.3) is 0 Å². The molecule has 0 fully saturated rings. The lowest BCUT2D eigenvalue weighted by Crippen LogP contribution is -2.24. The molecule has 2 aromatic rings. The number of esters is 3. The lowest BCUT2D eigenvalue weighted by Gasteiger charge is -2.13. The quantitative estimate of drug-likeness (QED) is 0.476. The maximum Gasteiger partial charge on any atom is 0.343 e. The molecule has 0 N–H and O–H groups in total. The van der Waals surface area contributed by atoms with E-state index in [-0.39, 0.29) is 0 Å². The molecular weight excluding hydrogens is 312 g/mol. The van der Waals surface area contributed by atoms with Crippen molar-refractivity contribution in [3.8, 4) is 5.75 Å². The summed E-state index contributed by atoms with van der Waals surface area (Å²) in [5, 5.41) is 0. The van der Waals surface area contributed by atoms with E-state index in [1.165, 1.54) is 38.5 Å². The van der Waals surface area contributed by atoms with Crippen LogP contribution in [0.25, 0.3) is 0 Å². The van der Waals surface area contributed by atoms with Gasteiger partial charge in [-0.2, -0.15) is 0 Å². The minimum Gasteiger partial charge on any atom is -0.468 e. The lowest BCUT2D eigenvalue weighted by molar-refractivity contribution is -0.154. The topological polar surface area (TPSA) is 78.9 Å². The van der Waals surface area contributed by atoms with Gasteiger partial charge in [0, 0.05) is 0 Å². The molecule has 0 radical (unpaired) electrons. The molecule has 2 rings (SSSR count). The monoisotopic (exact) mass is 328 g/mol. The highest BCUT2D eigenvalue weighted by Gasteiger charge is 2.30. The normalized spacial score (nSPS) is 10.1. The van der Waals surface area contributed by atoms with Crippen molar-refractivity contribution in [1.82, 2.24) is 0 Å². The molecule has 0 spiro atoms. The Bertz CT molecular complexity index is 705. The smallest absolute Gasteiger partial charge is 0.343 e. The van der Waals surface area contributed by atoms with Gasteiger partial charge in [-0.1, -0.05) is 30.3 Å². The summed E-state index contributed by atoms with van der Waals surface area (Å²) in [4.78, 5) is 35.5. The lowest BCUT2D eigenvalue weighted by atomic mass is 9.99. The zero-order chi connectivity index (χ0) is 17.5. The van der Waals surface area contributed by atoms with Gasteiger partial charge in [-0.05, 0) is 29.8 Å². The van der Waals surface area contributed by atoms with Crippen LogP contribution in [0.3, 0.4) is 0 Å². The van der Waals surface area contributed by atoms with E-state index in [1.807, 2.05) is 0 Å². The maximum atomic E-state index is 12.0. The van der Waals surface area contributed by atoms with E-state index in [0.717, 1.165) is 0 Å². The SMILES string of the molecule is COC(=O)C(C(=O)OC)c1ccc(OC(=O)c2ccccc2)cc1. The van der Waals surface area contributed by atoms with Gasteiger partial charge in [0.05, 0.1) is 19.8 Å². The molecule has 0 heterocycles. The van der Waals surface area contributed by atoms with Gasteiger partial charge in [0.2, 0.25) is 0 Å². The Morgan fingerprint density at radius 3 is 1.83 bits per heavy atom. The van der Waals surface area contributed by atoms with Crippen LogP contribution in [-0.2, 0) is 19.1 Å². The van der Waals surface area contributed by atoms with E-state index in [9.17, 15) is 14.4 Å². The minimum atomic E-state index is -1.18. The Hall–Kier alpha value is -3.15. The molecule has 0 amide bonds. The van der Waals surface area contributed by atoms with Crippen molar-refractivity contribution < 1.29 is 28.6 Å².